The first-order valence-corrected chi connectivity index (χ1v) is 4.45. The van der Waals surface area contributed by atoms with Gasteiger partial charge in [0.2, 0.25) is 0 Å². The Bertz CT molecular complexity index is 265. The fourth-order valence-electron chi connectivity index (χ4n) is 1.05. The van der Waals surface area contributed by atoms with Gasteiger partial charge in [-0.15, -0.1) is 0 Å². The molecule has 1 rings (SSSR count). The molecule has 0 aliphatic rings. The molecule has 0 aliphatic carbocycles. The van der Waals surface area contributed by atoms with Crippen molar-refractivity contribution in [2.24, 2.45) is 4.99 Å². The average molecular weight is 176 g/mol. The average Bonchev–Trinajstić information content (AvgIpc) is 2.15. The molecule has 2 heteroatoms. The van der Waals surface area contributed by atoms with Crippen LogP contribution in [0.1, 0.15) is 18.5 Å². The van der Waals surface area contributed by atoms with E-state index in [-0.39, 0.29) is 6.04 Å². The van der Waals surface area contributed by atoms with Crippen LogP contribution in [0.2, 0.25) is 0 Å². The third-order valence-corrected chi connectivity index (χ3v) is 1.80. The minimum Gasteiger partial charge on any atom is -0.369 e. The largest absolute Gasteiger partial charge is 0.369 e. The molecular formula is C11H16N2. The highest BCUT2D eigenvalue weighted by atomic mass is 15.1. The van der Waals surface area contributed by atoms with Gasteiger partial charge in [-0.05, 0) is 12.5 Å². The van der Waals surface area contributed by atoms with Gasteiger partial charge in [0.15, 0.2) is 0 Å². The van der Waals surface area contributed by atoms with Crippen LogP contribution >= 0.6 is 0 Å². The Kier molecular flexibility index (Phi) is 3.50. The smallest absolute Gasteiger partial charge is 0.0852 e. The molecule has 1 unspecified atom stereocenters. The van der Waals surface area contributed by atoms with Crippen LogP contribution in [0.5, 0.6) is 0 Å². The van der Waals surface area contributed by atoms with Crippen molar-refractivity contribution >= 4 is 6.34 Å². The zero-order valence-corrected chi connectivity index (χ0v) is 8.44. The first-order valence-electron chi connectivity index (χ1n) is 4.45. The molecule has 0 fully saturated rings. The number of benzene rings is 1. The monoisotopic (exact) mass is 176 g/mol. The Morgan fingerprint density at radius 2 is 1.85 bits per heavy atom. The second-order valence-electron chi connectivity index (χ2n) is 3.31. The van der Waals surface area contributed by atoms with E-state index in [2.05, 4.69) is 24.0 Å². The highest BCUT2D eigenvalue weighted by Crippen LogP contribution is 2.14. The molecule has 0 saturated carbocycles. The van der Waals surface area contributed by atoms with Gasteiger partial charge < -0.3 is 4.90 Å². The Morgan fingerprint density at radius 3 is 2.38 bits per heavy atom. The summed E-state index contributed by atoms with van der Waals surface area (Å²) >= 11 is 0. The summed E-state index contributed by atoms with van der Waals surface area (Å²) in [4.78, 5) is 6.34. The Hall–Kier alpha value is -1.31. The van der Waals surface area contributed by atoms with E-state index < -0.39 is 0 Å². The van der Waals surface area contributed by atoms with E-state index in [0.29, 0.717) is 0 Å². The van der Waals surface area contributed by atoms with Gasteiger partial charge >= 0.3 is 0 Å². The molecule has 0 heterocycles. The normalized spacial score (nSPS) is 13.2. The van der Waals surface area contributed by atoms with Crippen LogP contribution in [0.3, 0.4) is 0 Å². The minimum atomic E-state index is 0.239. The molecule has 13 heavy (non-hydrogen) atoms. The summed E-state index contributed by atoms with van der Waals surface area (Å²) in [6.07, 6.45) is 1.84. The van der Waals surface area contributed by atoms with Crippen LogP contribution < -0.4 is 0 Å². The third kappa shape index (κ3) is 3.28. The van der Waals surface area contributed by atoms with Gasteiger partial charge in [-0.2, -0.15) is 0 Å². The summed E-state index contributed by atoms with van der Waals surface area (Å²) in [7, 11) is 3.95. The summed E-state index contributed by atoms with van der Waals surface area (Å²) in [6, 6.07) is 10.5. The van der Waals surface area contributed by atoms with Gasteiger partial charge in [-0.1, -0.05) is 30.3 Å². The fraction of sp³-hybridized carbons (Fsp3) is 0.364. The summed E-state index contributed by atoms with van der Waals surface area (Å²) in [5.74, 6) is 0. The molecule has 0 saturated heterocycles. The zero-order chi connectivity index (χ0) is 9.68. The summed E-state index contributed by atoms with van der Waals surface area (Å²) in [6.45, 7) is 2.09. The van der Waals surface area contributed by atoms with Crippen LogP contribution in [-0.4, -0.2) is 25.3 Å². The van der Waals surface area contributed by atoms with Crippen LogP contribution in [0.25, 0.3) is 0 Å². The van der Waals surface area contributed by atoms with Crippen molar-refractivity contribution in [2.45, 2.75) is 13.0 Å². The van der Waals surface area contributed by atoms with Crippen molar-refractivity contribution in [3.05, 3.63) is 35.9 Å². The van der Waals surface area contributed by atoms with Crippen LogP contribution in [0.15, 0.2) is 35.3 Å². The second-order valence-corrected chi connectivity index (χ2v) is 3.31. The fourth-order valence-corrected chi connectivity index (χ4v) is 1.05. The molecule has 0 radical (unpaired) electrons. The number of nitrogens with zero attached hydrogens (tertiary/aromatic N) is 2. The van der Waals surface area contributed by atoms with Crippen molar-refractivity contribution in [1.82, 2.24) is 4.90 Å². The van der Waals surface area contributed by atoms with Gasteiger partial charge in [0, 0.05) is 14.1 Å². The van der Waals surface area contributed by atoms with Crippen LogP contribution in [-0.2, 0) is 0 Å². The summed E-state index contributed by atoms with van der Waals surface area (Å²) < 4.78 is 0. The predicted octanol–water partition coefficient (Wildman–Crippen LogP) is 2.34. The SMILES string of the molecule is CC(N=CN(C)C)c1ccccc1. The van der Waals surface area contributed by atoms with E-state index >= 15 is 0 Å². The van der Waals surface area contributed by atoms with E-state index in [0.717, 1.165) is 0 Å². The van der Waals surface area contributed by atoms with E-state index in [4.69, 9.17) is 0 Å². The molecule has 0 N–H and O–H groups in total. The lowest BCUT2D eigenvalue weighted by Gasteiger charge is -2.08. The number of rotatable bonds is 3. The van der Waals surface area contributed by atoms with Crippen LogP contribution in [0.4, 0.5) is 0 Å². The lowest BCUT2D eigenvalue weighted by Crippen LogP contribution is -2.08. The Labute approximate surface area is 79.9 Å². The van der Waals surface area contributed by atoms with Crippen molar-refractivity contribution in [2.75, 3.05) is 14.1 Å². The van der Waals surface area contributed by atoms with Gasteiger partial charge in [0.1, 0.15) is 0 Å². The molecule has 0 amide bonds. The first kappa shape index (κ1) is 9.78. The summed E-state index contributed by atoms with van der Waals surface area (Å²) in [5, 5.41) is 0. The summed E-state index contributed by atoms with van der Waals surface area (Å²) in [5.41, 5.74) is 1.25. The first-order chi connectivity index (χ1) is 6.20. The lowest BCUT2D eigenvalue weighted by molar-refractivity contribution is 0.630. The molecule has 2 nitrogen and oxygen atoms in total. The number of hydrogen-bond donors (Lipinski definition) is 0. The van der Waals surface area contributed by atoms with Gasteiger partial charge in [0.05, 0.1) is 12.4 Å². The topological polar surface area (TPSA) is 15.6 Å². The highest BCUT2D eigenvalue weighted by Gasteiger charge is 1.99. The molecule has 1 atom stereocenters. The predicted molar refractivity (Wildman–Crippen MR) is 57.0 cm³/mol. The zero-order valence-electron chi connectivity index (χ0n) is 8.44. The third-order valence-electron chi connectivity index (χ3n) is 1.80. The maximum Gasteiger partial charge on any atom is 0.0852 e. The van der Waals surface area contributed by atoms with Gasteiger partial charge in [-0.3, -0.25) is 4.99 Å². The van der Waals surface area contributed by atoms with Crippen molar-refractivity contribution in [3.8, 4) is 0 Å². The Balaban J connectivity index is 2.64. The van der Waals surface area contributed by atoms with E-state index in [1.165, 1.54) is 5.56 Å². The maximum absolute atomic E-state index is 4.39. The molecule has 0 aliphatic heterocycles. The van der Waals surface area contributed by atoms with Gasteiger partial charge in [0.25, 0.3) is 0 Å². The standard InChI is InChI=1S/C11H16N2/c1-10(12-9-13(2)3)11-7-5-4-6-8-11/h4-10H,1-3H3. The van der Waals surface area contributed by atoms with E-state index in [1.807, 2.05) is 43.5 Å². The van der Waals surface area contributed by atoms with Crippen molar-refractivity contribution < 1.29 is 0 Å². The maximum atomic E-state index is 4.39. The molecule has 1 aromatic carbocycles. The van der Waals surface area contributed by atoms with Crippen LogP contribution in [0, 0.1) is 0 Å². The minimum absolute atomic E-state index is 0.239. The van der Waals surface area contributed by atoms with Gasteiger partial charge in [-0.25, -0.2) is 0 Å². The second kappa shape index (κ2) is 4.65. The molecule has 0 spiro atoms. The van der Waals surface area contributed by atoms with Crippen molar-refractivity contribution in [1.29, 1.82) is 0 Å². The highest BCUT2D eigenvalue weighted by molar-refractivity contribution is 5.54. The van der Waals surface area contributed by atoms with E-state index in [1.54, 1.807) is 0 Å². The Morgan fingerprint density at radius 1 is 1.23 bits per heavy atom. The molecule has 0 bridgehead atoms. The van der Waals surface area contributed by atoms with E-state index in [9.17, 15) is 0 Å². The quantitative estimate of drug-likeness (QED) is 0.510. The molecule has 1 aromatic rings. The number of aliphatic imine (C=N–C) groups is 1. The van der Waals surface area contributed by atoms with Crippen molar-refractivity contribution in [3.63, 3.8) is 0 Å². The molecular weight excluding hydrogens is 160 g/mol. The number of hydrogen-bond acceptors (Lipinski definition) is 1. The molecule has 0 aromatic heterocycles. The lowest BCUT2D eigenvalue weighted by atomic mass is 10.1. The molecule has 70 valence electrons.